The van der Waals surface area contributed by atoms with E-state index in [1.807, 2.05) is 66.3 Å². The van der Waals surface area contributed by atoms with E-state index in [1.54, 1.807) is 6.20 Å². The number of para-hydroxylation sites is 3. The molecule has 0 bridgehead atoms. The van der Waals surface area contributed by atoms with Crippen molar-refractivity contribution in [1.29, 1.82) is 0 Å². The summed E-state index contributed by atoms with van der Waals surface area (Å²) in [6, 6.07) is 20.2. The van der Waals surface area contributed by atoms with Crippen molar-refractivity contribution < 1.29 is 0 Å². The molecule has 122 valence electrons. The van der Waals surface area contributed by atoms with Crippen LogP contribution in [0.25, 0.3) is 22.2 Å². The Bertz CT molecular complexity index is 1060. The van der Waals surface area contributed by atoms with Crippen molar-refractivity contribution in [2.75, 3.05) is 5.32 Å². The molecule has 0 radical (unpaired) electrons. The van der Waals surface area contributed by atoms with Gasteiger partial charge in [0.1, 0.15) is 0 Å². The number of aromatic nitrogens is 3. The predicted molar refractivity (Wildman–Crippen MR) is 103 cm³/mol. The normalized spacial score (nSPS) is 10.8. The standard InChI is InChI=1S/C21H18N4/c1-15(2)20-11-12-23-25(20)21-10-6-5-9-19(21)24-17-13-16-7-3-4-8-18(16)22-14-17/h3-14,24H,1H2,2H3. The van der Waals surface area contributed by atoms with Crippen LogP contribution < -0.4 is 5.32 Å². The van der Waals surface area contributed by atoms with Crippen LogP contribution >= 0.6 is 0 Å². The summed E-state index contributed by atoms with van der Waals surface area (Å²) >= 11 is 0. The first-order valence-electron chi connectivity index (χ1n) is 8.13. The molecular weight excluding hydrogens is 308 g/mol. The quantitative estimate of drug-likeness (QED) is 0.560. The molecule has 2 heterocycles. The number of hydrogen-bond donors (Lipinski definition) is 1. The average Bonchev–Trinajstić information content (AvgIpc) is 3.12. The van der Waals surface area contributed by atoms with Gasteiger partial charge in [0.15, 0.2) is 0 Å². The number of allylic oxidation sites excluding steroid dienone is 1. The lowest BCUT2D eigenvalue weighted by molar-refractivity contribution is 0.868. The molecule has 1 N–H and O–H groups in total. The summed E-state index contributed by atoms with van der Waals surface area (Å²) in [5.74, 6) is 0. The average molecular weight is 326 g/mol. The van der Waals surface area contributed by atoms with Gasteiger partial charge in [-0.25, -0.2) is 4.68 Å². The third-order valence-corrected chi connectivity index (χ3v) is 4.08. The van der Waals surface area contributed by atoms with Gasteiger partial charge in [-0.2, -0.15) is 5.10 Å². The minimum Gasteiger partial charge on any atom is -0.352 e. The van der Waals surface area contributed by atoms with Crippen LogP contribution in [0.2, 0.25) is 0 Å². The van der Waals surface area contributed by atoms with Gasteiger partial charge in [0.05, 0.1) is 40.7 Å². The molecule has 0 unspecified atom stereocenters. The zero-order valence-electron chi connectivity index (χ0n) is 14.0. The van der Waals surface area contributed by atoms with Gasteiger partial charge in [0.2, 0.25) is 0 Å². The first-order valence-corrected chi connectivity index (χ1v) is 8.13. The topological polar surface area (TPSA) is 42.7 Å². The molecule has 0 aliphatic rings. The molecule has 0 aliphatic heterocycles. The predicted octanol–water partition coefficient (Wildman–Crippen LogP) is 5.20. The van der Waals surface area contributed by atoms with Gasteiger partial charge in [-0.15, -0.1) is 0 Å². The molecule has 2 aromatic carbocycles. The summed E-state index contributed by atoms with van der Waals surface area (Å²) in [4.78, 5) is 4.52. The molecule has 4 heteroatoms. The number of nitrogens with zero attached hydrogens (tertiary/aromatic N) is 3. The Labute approximate surface area is 146 Å². The number of fused-ring (bicyclic) bond motifs is 1. The molecule has 25 heavy (non-hydrogen) atoms. The van der Waals surface area contributed by atoms with Gasteiger partial charge < -0.3 is 5.32 Å². The second kappa shape index (κ2) is 6.24. The number of anilines is 2. The largest absolute Gasteiger partial charge is 0.352 e. The Kier molecular flexibility index (Phi) is 3.78. The highest BCUT2D eigenvalue weighted by atomic mass is 15.3. The van der Waals surface area contributed by atoms with Gasteiger partial charge in [-0.3, -0.25) is 4.98 Å². The SMILES string of the molecule is C=C(C)c1ccnn1-c1ccccc1Nc1cnc2ccccc2c1. The molecular formula is C21H18N4. The Morgan fingerprint density at radius 1 is 1.04 bits per heavy atom. The van der Waals surface area contributed by atoms with E-state index in [0.717, 1.165) is 39.2 Å². The molecule has 4 rings (SSSR count). The summed E-state index contributed by atoms with van der Waals surface area (Å²) in [5, 5.41) is 9.03. The second-order valence-electron chi connectivity index (χ2n) is 5.97. The van der Waals surface area contributed by atoms with Gasteiger partial charge in [0.25, 0.3) is 0 Å². The maximum atomic E-state index is 4.52. The molecule has 0 saturated carbocycles. The van der Waals surface area contributed by atoms with E-state index in [4.69, 9.17) is 0 Å². The molecule has 4 nitrogen and oxygen atoms in total. The number of rotatable bonds is 4. The fraction of sp³-hybridized carbons (Fsp3) is 0.0476. The maximum absolute atomic E-state index is 4.52. The maximum Gasteiger partial charge on any atom is 0.0887 e. The van der Waals surface area contributed by atoms with Crippen molar-refractivity contribution in [3.05, 3.63) is 85.3 Å². The molecule has 0 amide bonds. The molecule has 0 aliphatic carbocycles. The molecule has 2 aromatic heterocycles. The van der Waals surface area contributed by atoms with Crippen molar-refractivity contribution in [2.24, 2.45) is 0 Å². The lowest BCUT2D eigenvalue weighted by Crippen LogP contribution is -2.04. The smallest absolute Gasteiger partial charge is 0.0887 e. The Hall–Kier alpha value is -3.40. The highest BCUT2D eigenvalue weighted by Gasteiger charge is 2.10. The second-order valence-corrected chi connectivity index (χ2v) is 5.97. The van der Waals surface area contributed by atoms with Crippen molar-refractivity contribution in [1.82, 2.24) is 14.8 Å². The van der Waals surface area contributed by atoms with Crippen LogP contribution in [0.1, 0.15) is 12.6 Å². The Morgan fingerprint density at radius 3 is 2.72 bits per heavy atom. The van der Waals surface area contributed by atoms with Gasteiger partial charge in [0, 0.05) is 5.39 Å². The van der Waals surface area contributed by atoms with Crippen LogP contribution in [0.3, 0.4) is 0 Å². The van der Waals surface area contributed by atoms with Crippen LogP contribution in [0.4, 0.5) is 11.4 Å². The molecule has 0 atom stereocenters. The molecule has 0 saturated heterocycles. The van der Waals surface area contributed by atoms with E-state index in [-0.39, 0.29) is 0 Å². The number of pyridine rings is 1. The Balaban J connectivity index is 1.76. The Morgan fingerprint density at radius 2 is 1.84 bits per heavy atom. The lowest BCUT2D eigenvalue weighted by atomic mass is 10.2. The van der Waals surface area contributed by atoms with Crippen LogP contribution in [0, 0.1) is 0 Å². The van der Waals surface area contributed by atoms with E-state index in [2.05, 4.69) is 34.1 Å². The van der Waals surface area contributed by atoms with Crippen molar-refractivity contribution in [3.8, 4) is 5.69 Å². The summed E-state index contributed by atoms with van der Waals surface area (Å²) in [7, 11) is 0. The minimum absolute atomic E-state index is 0.940. The lowest BCUT2D eigenvalue weighted by Gasteiger charge is -2.14. The summed E-state index contributed by atoms with van der Waals surface area (Å²) in [6.45, 7) is 6.02. The van der Waals surface area contributed by atoms with Crippen molar-refractivity contribution in [3.63, 3.8) is 0 Å². The monoisotopic (exact) mass is 326 g/mol. The van der Waals surface area contributed by atoms with Crippen LogP contribution in [0.15, 0.2) is 79.6 Å². The van der Waals surface area contributed by atoms with Gasteiger partial charge in [-0.1, -0.05) is 36.9 Å². The van der Waals surface area contributed by atoms with Crippen molar-refractivity contribution >= 4 is 27.9 Å². The third kappa shape index (κ3) is 2.90. The first kappa shape index (κ1) is 15.1. The van der Waals surface area contributed by atoms with Crippen LogP contribution in [0.5, 0.6) is 0 Å². The summed E-state index contributed by atoms with van der Waals surface area (Å²) < 4.78 is 1.90. The molecule has 0 spiro atoms. The fourth-order valence-corrected chi connectivity index (χ4v) is 2.88. The van der Waals surface area contributed by atoms with E-state index >= 15 is 0 Å². The molecule has 0 fully saturated rings. The number of nitrogens with one attached hydrogen (secondary N) is 1. The summed E-state index contributed by atoms with van der Waals surface area (Å²) in [6.07, 6.45) is 3.64. The molecule has 4 aromatic rings. The summed E-state index contributed by atoms with van der Waals surface area (Å²) in [5.41, 5.74) is 5.82. The van der Waals surface area contributed by atoms with E-state index in [1.165, 1.54) is 0 Å². The van der Waals surface area contributed by atoms with E-state index in [9.17, 15) is 0 Å². The number of hydrogen-bond acceptors (Lipinski definition) is 3. The van der Waals surface area contributed by atoms with Crippen molar-refractivity contribution in [2.45, 2.75) is 6.92 Å². The highest BCUT2D eigenvalue weighted by molar-refractivity contribution is 5.83. The number of benzene rings is 2. The zero-order valence-corrected chi connectivity index (χ0v) is 14.0. The van der Waals surface area contributed by atoms with Gasteiger partial charge in [-0.05, 0) is 42.8 Å². The van der Waals surface area contributed by atoms with E-state index < -0.39 is 0 Å². The van der Waals surface area contributed by atoms with Gasteiger partial charge >= 0.3 is 0 Å². The fourth-order valence-electron chi connectivity index (χ4n) is 2.88. The van der Waals surface area contributed by atoms with Crippen LogP contribution in [-0.2, 0) is 0 Å². The highest BCUT2D eigenvalue weighted by Crippen LogP contribution is 2.27. The van der Waals surface area contributed by atoms with Crippen LogP contribution in [-0.4, -0.2) is 14.8 Å². The first-order chi connectivity index (χ1) is 12.2. The third-order valence-electron chi connectivity index (χ3n) is 4.08. The zero-order chi connectivity index (χ0) is 17.2. The van der Waals surface area contributed by atoms with E-state index in [0.29, 0.717) is 0 Å². The minimum atomic E-state index is 0.940.